The van der Waals surface area contributed by atoms with Gasteiger partial charge in [-0.15, -0.1) is 0 Å². The van der Waals surface area contributed by atoms with Crippen LogP contribution in [0.25, 0.3) is 0 Å². The Hall–Kier alpha value is -0.970. The zero-order chi connectivity index (χ0) is 14.5. The van der Waals surface area contributed by atoms with Crippen molar-refractivity contribution >= 4 is 27.5 Å². The minimum atomic E-state index is -0.0151. The van der Waals surface area contributed by atoms with Crippen LogP contribution in [-0.4, -0.2) is 13.7 Å². The second-order valence-corrected chi connectivity index (χ2v) is 5.74. The number of furan rings is 1. The van der Waals surface area contributed by atoms with Crippen molar-refractivity contribution in [2.75, 3.05) is 13.7 Å². The van der Waals surface area contributed by atoms with Gasteiger partial charge < -0.3 is 14.5 Å². The molecule has 2 rings (SSSR count). The van der Waals surface area contributed by atoms with Gasteiger partial charge >= 0.3 is 0 Å². The van der Waals surface area contributed by atoms with Gasteiger partial charge in [0.05, 0.1) is 30.2 Å². The molecular weight excluding hydrogens is 342 g/mol. The van der Waals surface area contributed by atoms with Gasteiger partial charge in [-0.2, -0.15) is 0 Å². The van der Waals surface area contributed by atoms with E-state index < -0.39 is 0 Å². The largest absolute Gasteiger partial charge is 0.495 e. The molecule has 5 heteroatoms. The van der Waals surface area contributed by atoms with Crippen molar-refractivity contribution in [3.8, 4) is 5.75 Å². The summed E-state index contributed by atoms with van der Waals surface area (Å²) in [6.07, 6.45) is 4.45. The zero-order valence-corrected chi connectivity index (χ0v) is 13.8. The third kappa shape index (κ3) is 3.37. The van der Waals surface area contributed by atoms with Crippen molar-refractivity contribution in [1.29, 1.82) is 0 Å². The Labute approximate surface area is 132 Å². The van der Waals surface area contributed by atoms with Crippen LogP contribution in [0, 0.1) is 0 Å². The molecule has 0 spiro atoms. The van der Waals surface area contributed by atoms with Crippen LogP contribution < -0.4 is 10.1 Å². The normalized spacial score (nSPS) is 12.4. The maximum absolute atomic E-state index is 6.18. The maximum Gasteiger partial charge on any atom is 0.138 e. The lowest BCUT2D eigenvalue weighted by molar-refractivity contribution is 0.401. The average Bonchev–Trinajstić information content (AvgIpc) is 2.92. The summed E-state index contributed by atoms with van der Waals surface area (Å²) in [4.78, 5) is 0. The number of methoxy groups -OCH3 is 1. The zero-order valence-electron chi connectivity index (χ0n) is 11.5. The molecule has 1 aromatic carbocycles. The van der Waals surface area contributed by atoms with Crippen molar-refractivity contribution in [3.63, 3.8) is 0 Å². The first-order chi connectivity index (χ1) is 9.67. The van der Waals surface area contributed by atoms with Gasteiger partial charge in [0.1, 0.15) is 5.75 Å². The van der Waals surface area contributed by atoms with Gasteiger partial charge in [0.15, 0.2) is 0 Å². The first kappa shape index (κ1) is 15.4. The summed E-state index contributed by atoms with van der Waals surface area (Å²) >= 11 is 9.68. The second kappa shape index (κ2) is 7.16. The van der Waals surface area contributed by atoms with Crippen molar-refractivity contribution in [1.82, 2.24) is 5.32 Å². The summed E-state index contributed by atoms with van der Waals surface area (Å²) in [6.45, 7) is 3.02. The highest BCUT2D eigenvalue weighted by Crippen LogP contribution is 2.38. The first-order valence-corrected chi connectivity index (χ1v) is 7.62. The van der Waals surface area contributed by atoms with Crippen LogP contribution in [0.5, 0.6) is 5.75 Å². The fourth-order valence-electron chi connectivity index (χ4n) is 2.15. The van der Waals surface area contributed by atoms with E-state index in [-0.39, 0.29) is 6.04 Å². The summed E-state index contributed by atoms with van der Waals surface area (Å²) in [5.74, 6) is 0.782. The molecular formula is C15H17BrClNO2. The molecule has 20 heavy (non-hydrogen) atoms. The van der Waals surface area contributed by atoms with Crippen molar-refractivity contribution in [2.24, 2.45) is 0 Å². The Morgan fingerprint density at radius 2 is 2.25 bits per heavy atom. The topological polar surface area (TPSA) is 34.4 Å². The molecule has 1 unspecified atom stereocenters. The Kier molecular flexibility index (Phi) is 5.52. The number of nitrogens with one attached hydrogen (secondary N) is 1. The number of ether oxygens (including phenoxy) is 1. The third-order valence-corrected chi connectivity index (χ3v) is 3.83. The molecule has 0 radical (unpaired) electrons. The molecule has 0 aliphatic rings. The van der Waals surface area contributed by atoms with Gasteiger partial charge in [0.25, 0.3) is 0 Å². The van der Waals surface area contributed by atoms with Crippen LogP contribution in [-0.2, 0) is 0 Å². The monoisotopic (exact) mass is 357 g/mol. The molecule has 2 aromatic rings. The predicted molar refractivity (Wildman–Crippen MR) is 84.5 cm³/mol. The maximum atomic E-state index is 6.18. The fraction of sp³-hybridized carbons (Fsp3) is 0.333. The molecule has 0 aliphatic carbocycles. The van der Waals surface area contributed by atoms with Crippen LogP contribution in [0.15, 0.2) is 39.6 Å². The number of rotatable bonds is 6. The molecule has 1 atom stereocenters. The summed E-state index contributed by atoms with van der Waals surface area (Å²) < 4.78 is 11.6. The van der Waals surface area contributed by atoms with Crippen LogP contribution in [0.3, 0.4) is 0 Å². The van der Waals surface area contributed by atoms with E-state index in [9.17, 15) is 0 Å². The Balaban J connectivity index is 2.47. The van der Waals surface area contributed by atoms with E-state index in [1.807, 2.05) is 18.2 Å². The van der Waals surface area contributed by atoms with E-state index in [0.717, 1.165) is 34.3 Å². The molecule has 0 bridgehead atoms. The molecule has 1 N–H and O–H groups in total. The lowest BCUT2D eigenvalue weighted by Gasteiger charge is -2.21. The van der Waals surface area contributed by atoms with Gasteiger partial charge in [-0.3, -0.25) is 0 Å². The summed E-state index contributed by atoms with van der Waals surface area (Å²) in [5.41, 5.74) is 2.03. The van der Waals surface area contributed by atoms with E-state index in [1.165, 1.54) is 0 Å². The number of benzene rings is 1. The van der Waals surface area contributed by atoms with E-state index in [2.05, 4.69) is 28.2 Å². The molecule has 1 aromatic heterocycles. The molecule has 0 aliphatic heterocycles. The van der Waals surface area contributed by atoms with Crippen molar-refractivity contribution in [2.45, 2.75) is 19.4 Å². The van der Waals surface area contributed by atoms with Crippen molar-refractivity contribution in [3.05, 3.63) is 51.3 Å². The van der Waals surface area contributed by atoms with E-state index >= 15 is 0 Å². The van der Waals surface area contributed by atoms with E-state index in [4.69, 9.17) is 20.8 Å². The van der Waals surface area contributed by atoms with Gasteiger partial charge in [0, 0.05) is 16.1 Å². The quantitative estimate of drug-likeness (QED) is 0.806. The highest BCUT2D eigenvalue weighted by molar-refractivity contribution is 9.10. The lowest BCUT2D eigenvalue weighted by Crippen LogP contribution is -2.23. The smallest absolute Gasteiger partial charge is 0.138 e. The molecule has 0 amide bonds. The fourth-order valence-corrected chi connectivity index (χ4v) is 3.14. The predicted octanol–water partition coefficient (Wildman–Crippen LogP) is 4.79. The minimum absolute atomic E-state index is 0.0151. The molecule has 1 heterocycles. The first-order valence-electron chi connectivity index (χ1n) is 6.45. The number of halogens is 2. The standard InChI is InChI=1S/C15H17BrClNO2/c1-3-5-18-14(10-4-6-20-9-10)12-7-11(17)8-13(16)15(12)19-2/h4,6-9,14,18H,3,5H2,1-2H3. The Morgan fingerprint density at radius 1 is 1.45 bits per heavy atom. The number of hydrogen-bond donors (Lipinski definition) is 1. The summed E-state index contributed by atoms with van der Waals surface area (Å²) in [6, 6.07) is 5.68. The highest BCUT2D eigenvalue weighted by Gasteiger charge is 2.21. The van der Waals surface area contributed by atoms with Gasteiger partial charge in [-0.25, -0.2) is 0 Å². The lowest BCUT2D eigenvalue weighted by atomic mass is 10.00. The Morgan fingerprint density at radius 3 is 2.85 bits per heavy atom. The van der Waals surface area contributed by atoms with E-state index in [1.54, 1.807) is 19.6 Å². The average molecular weight is 359 g/mol. The molecule has 0 saturated heterocycles. The third-order valence-electron chi connectivity index (χ3n) is 3.03. The summed E-state index contributed by atoms with van der Waals surface area (Å²) in [5, 5.41) is 4.16. The Bertz CT molecular complexity index is 557. The van der Waals surface area contributed by atoms with Gasteiger partial charge in [0.2, 0.25) is 0 Å². The van der Waals surface area contributed by atoms with Crippen LogP contribution in [0.2, 0.25) is 5.02 Å². The highest BCUT2D eigenvalue weighted by atomic mass is 79.9. The second-order valence-electron chi connectivity index (χ2n) is 4.45. The minimum Gasteiger partial charge on any atom is -0.495 e. The van der Waals surface area contributed by atoms with Crippen LogP contribution in [0.4, 0.5) is 0 Å². The van der Waals surface area contributed by atoms with Gasteiger partial charge in [-0.05, 0) is 47.1 Å². The summed E-state index contributed by atoms with van der Waals surface area (Å²) in [7, 11) is 1.66. The van der Waals surface area contributed by atoms with E-state index in [0.29, 0.717) is 5.02 Å². The molecule has 108 valence electrons. The van der Waals surface area contributed by atoms with Gasteiger partial charge in [-0.1, -0.05) is 18.5 Å². The van der Waals surface area contributed by atoms with Crippen molar-refractivity contribution < 1.29 is 9.15 Å². The molecule has 0 fully saturated rings. The van der Waals surface area contributed by atoms with Crippen LogP contribution >= 0.6 is 27.5 Å². The van der Waals surface area contributed by atoms with Crippen LogP contribution in [0.1, 0.15) is 30.5 Å². The molecule has 3 nitrogen and oxygen atoms in total. The molecule has 0 saturated carbocycles. The SMILES string of the molecule is CCCNC(c1ccoc1)c1cc(Cl)cc(Br)c1OC. The number of hydrogen-bond acceptors (Lipinski definition) is 3.